The van der Waals surface area contributed by atoms with Crippen molar-refractivity contribution in [3.63, 3.8) is 0 Å². The lowest BCUT2D eigenvalue weighted by Gasteiger charge is -2.30. The standard InChI is InChI=1S/C22H27N3O4S/c1-17-7-5-6-10-20(17)24-21(26)11-14-23-22(27)18-12-15-25(16-13-18)30(28,29)19-8-3-2-4-9-19/h2-10,18H,11-16H2,1H3,(H,23,27)(H,24,26). The van der Waals surface area contributed by atoms with Crippen LogP contribution in [-0.4, -0.2) is 44.2 Å². The Morgan fingerprint density at radius 1 is 1.00 bits per heavy atom. The maximum atomic E-state index is 12.7. The summed E-state index contributed by atoms with van der Waals surface area (Å²) in [4.78, 5) is 24.8. The first-order valence-electron chi connectivity index (χ1n) is 10.1. The fraction of sp³-hybridized carbons (Fsp3) is 0.364. The Kier molecular flexibility index (Phi) is 7.23. The fourth-order valence-corrected chi connectivity index (χ4v) is 4.96. The molecule has 0 bridgehead atoms. The number of para-hydroxylation sites is 1. The summed E-state index contributed by atoms with van der Waals surface area (Å²) in [6, 6.07) is 15.8. The van der Waals surface area contributed by atoms with Crippen LogP contribution in [0.2, 0.25) is 0 Å². The summed E-state index contributed by atoms with van der Waals surface area (Å²) in [5, 5.41) is 5.64. The highest BCUT2D eigenvalue weighted by atomic mass is 32.2. The molecule has 7 nitrogen and oxygen atoms in total. The van der Waals surface area contributed by atoms with E-state index in [1.807, 2.05) is 31.2 Å². The molecule has 0 saturated carbocycles. The first kappa shape index (κ1) is 22.0. The number of anilines is 1. The average Bonchev–Trinajstić information content (AvgIpc) is 2.76. The molecule has 3 rings (SSSR count). The van der Waals surface area contributed by atoms with Crippen molar-refractivity contribution in [3.8, 4) is 0 Å². The van der Waals surface area contributed by atoms with Gasteiger partial charge in [0.25, 0.3) is 0 Å². The molecule has 2 aromatic carbocycles. The van der Waals surface area contributed by atoms with Gasteiger partial charge in [-0.15, -0.1) is 0 Å². The number of benzene rings is 2. The van der Waals surface area contributed by atoms with Crippen molar-refractivity contribution >= 4 is 27.5 Å². The molecule has 1 fully saturated rings. The predicted octanol–water partition coefficient (Wildman–Crippen LogP) is 2.54. The van der Waals surface area contributed by atoms with E-state index in [1.165, 1.54) is 4.31 Å². The number of nitrogens with one attached hydrogen (secondary N) is 2. The Hall–Kier alpha value is -2.71. The van der Waals surface area contributed by atoms with E-state index in [0.29, 0.717) is 25.9 Å². The van der Waals surface area contributed by atoms with E-state index in [1.54, 1.807) is 30.3 Å². The highest BCUT2D eigenvalue weighted by Gasteiger charge is 2.31. The number of hydrogen-bond acceptors (Lipinski definition) is 4. The van der Waals surface area contributed by atoms with Crippen LogP contribution in [-0.2, 0) is 19.6 Å². The van der Waals surface area contributed by atoms with Crippen molar-refractivity contribution in [2.24, 2.45) is 5.92 Å². The Balaban J connectivity index is 1.42. The molecule has 1 saturated heterocycles. The number of hydrogen-bond donors (Lipinski definition) is 2. The molecular weight excluding hydrogens is 402 g/mol. The third-order valence-corrected chi connectivity index (χ3v) is 7.19. The lowest BCUT2D eigenvalue weighted by Crippen LogP contribution is -2.43. The molecule has 1 aliphatic rings. The fourth-order valence-electron chi connectivity index (χ4n) is 3.47. The minimum atomic E-state index is -3.52. The number of aryl methyl sites for hydroxylation is 1. The lowest BCUT2D eigenvalue weighted by molar-refractivity contribution is -0.126. The maximum Gasteiger partial charge on any atom is 0.243 e. The van der Waals surface area contributed by atoms with Crippen LogP contribution in [0.3, 0.4) is 0 Å². The van der Waals surface area contributed by atoms with Crippen LogP contribution in [0.5, 0.6) is 0 Å². The summed E-state index contributed by atoms with van der Waals surface area (Å²) in [6.07, 6.45) is 1.11. The first-order chi connectivity index (χ1) is 14.4. The van der Waals surface area contributed by atoms with Gasteiger partial charge < -0.3 is 10.6 Å². The van der Waals surface area contributed by atoms with Crippen LogP contribution in [0.15, 0.2) is 59.5 Å². The zero-order valence-corrected chi connectivity index (χ0v) is 17.8. The SMILES string of the molecule is Cc1ccccc1NC(=O)CCNC(=O)C1CCN(S(=O)(=O)c2ccccc2)CC1. The Bertz CT molecular complexity index is 984. The minimum Gasteiger partial charge on any atom is -0.355 e. The Morgan fingerprint density at radius 2 is 1.63 bits per heavy atom. The van der Waals surface area contributed by atoms with Gasteiger partial charge in [-0.3, -0.25) is 9.59 Å². The number of rotatable bonds is 7. The molecule has 2 amide bonds. The largest absolute Gasteiger partial charge is 0.355 e. The number of carbonyl (C=O) groups excluding carboxylic acids is 2. The molecular formula is C22H27N3O4S. The number of piperidine rings is 1. The van der Waals surface area contributed by atoms with Crippen LogP contribution in [0.25, 0.3) is 0 Å². The molecule has 2 N–H and O–H groups in total. The normalized spacial score (nSPS) is 15.5. The van der Waals surface area contributed by atoms with Crippen LogP contribution in [0, 0.1) is 12.8 Å². The van der Waals surface area contributed by atoms with Crippen LogP contribution in [0.4, 0.5) is 5.69 Å². The predicted molar refractivity (Wildman–Crippen MR) is 115 cm³/mol. The van der Waals surface area contributed by atoms with Crippen LogP contribution >= 0.6 is 0 Å². The van der Waals surface area contributed by atoms with Crippen LogP contribution < -0.4 is 10.6 Å². The molecule has 0 aromatic heterocycles. The number of nitrogens with zero attached hydrogens (tertiary/aromatic N) is 1. The van der Waals surface area contributed by atoms with Crippen molar-refractivity contribution < 1.29 is 18.0 Å². The molecule has 2 aromatic rings. The topological polar surface area (TPSA) is 95.6 Å². The van der Waals surface area contributed by atoms with Gasteiger partial charge in [0.15, 0.2) is 0 Å². The van der Waals surface area contributed by atoms with Crippen molar-refractivity contribution in [1.82, 2.24) is 9.62 Å². The summed E-state index contributed by atoms with van der Waals surface area (Å²) in [7, 11) is -3.52. The molecule has 1 aliphatic heterocycles. The van der Waals surface area contributed by atoms with Crippen molar-refractivity contribution in [2.75, 3.05) is 25.0 Å². The average molecular weight is 430 g/mol. The zero-order chi connectivity index (χ0) is 21.6. The molecule has 1 heterocycles. The van der Waals surface area contributed by atoms with E-state index in [-0.39, 0.29) is 35.6 Å². The van der Waals surface area contributed by atoms with Crippen molar-refractivity contribution in [2.45, 2.75) is 31.1 Å². The summed E-state index contributed by atoms with van der Waals surface area (Å²) < 4.78 is 26.8. The monoisotopic (exact) mass is 429 g/mol. The van der Waals surface area contributed by atoms with E-state index >= 15 is 0 Å². The highest BCUT2D eigenvalue weighted by Crippen LogP contribution is 2.23. The summed E-state index contributed by atoms with van der Waals surface area (Å²) in [5.74, 6) is -0.532. The van der Waals surface area contributed by atoms with Crippen LogP contribution in [0.1, 0.15) is 24.8 Å². The third-order valence-electron chi connectivity index (χ3n) is 5.28. The lowest BCUT2D eigenvalue weighted by atomic mass is 9.97. The van der Waals surface area contributed by atoms with E-state index in [0.717, 1.165) is 11.3 Å². The smallest absolute Gasteiger partial charge is 0.243 e. The van der Waals surface area contributed by atoms with Gasteiger partial charge in [0.2, 0.25) is 21.8 Å². The van der Waals surface area contributed by atoms with Gasteiger partial charge in [-0.1, -0.05) is 36.4 Å². The number of carbonyl (C=O) groups is 2. The number of sulfonamides is 1. The zero-order valence-electron chi connectivity index (χ0n) is 17.0. The number of amides is 2. The quantitative estimate of drug-likeness (QED) is 0.707. The van der Waals surface area contributed by atoms with Crippen molar-refractivity contribution in [1.29, 1.82) is 0 Å². The third kappa shape index (κ3) is 5.46. The van der Waals surface area contributed by atoms with Crippen molar-refractivity contribution in [3.05, 3.63) is 60.2 Å². The summed E-state index contributed by atoms with van der Waals surface area (Å²) in [6.45, 7) is 2.78. The molecule has 8 heteroatoms. The van der Waals surface area contributed by atoms with Gasteiger partial charge in [0.05, 0.1) is 4.90 Å². The molecule has 0 radical (unpaired) electrons. The Labute approximate surface area is 177 Å². The highest BCUT2D eigenvalue weighted by molar-refractivity contribution is 7.89. The molecule has 0 atom stereocenters. The molecule has 0 aliphatic carbocycles. The van der Waals surface area contributed by atoms with Gasteiger partial charge in [0.1, 0.15) is 0 Å². The van der Waals surface area contributed by atoms with E-state index < -0.39 is 10.0 Å². The van der Waals surface area contributed by atoms with Gasteiger partial charge in [-0.05, 0) is 43.5 Å². The minimum absolute atomic E-state index is 0.129. The summed E-state index contributed by atoms with van der Waals surface area (Å²) >= 11 is 0. The van der Waals surface area contributed by atoms with Gasteiger partial charge in [-0.2, -0.15) is 4.31 Å². The molecule has 30 heavy (non-hydrogen) atoms. The molecule has 0 unspecified atom stereocenters. The second-order valence-electron chi connectivity index (χ2n) is 7.40. The Morgan fingerprint density at radius 3 is 2.30 bits per heavy atom. The molecule has 0 spiro atoms. The van der Waals surface area contributed by atoms with E-state index in [4.69, 9.17) is 0 Å². The van der Waals surface area contributed by atoms with E-state index in [2.05, 4.69) is 10.6 Å². The maximum absolute atomic E-state index is 12.7. The van der Waals surface area contributed by atoms with E-state index in [9.17, 15) is 18.0 Å². The molecule has 160 valence electrons. The van der Waals surface area contributed by atoms with Gasteiger partial charge >= 0.3 is 0 Å². The van der Waals surface area contributed by atoms with Gasteiger partial charge in [-0.25, -0.2) is 8.42 Å². The summed E-state index contributed by atoms with van der Waals surface area (Å²) in [5.41, 5.74) is 1.74. The second kappa shape index (κ2) is 9.86. The second-order valence-corrected chi connectivity index (χ2v) is 9.33. The van der Waals surface area contributed by atoms with Gasteiger partial charge in [0, 0.05) is 37.7 Å². The first-order valence-corrected chi connectivity index (χ1v) is 11.5.